The topological polar surface area (TPSA) is 88.8 Å². The summed E-state index contributed by atoms with van der Waals surface area (Å²) in [5, 5.41) is 17.2. The normalized spacial score (nSPS) is 11.0. The monoisotopic (exact) mass is 342 g/mol. The van der Waals surface area contributed by atoms with Crippen molar-refractivity contribution in [3.8, 4) is 5.75 Å². The minimum absolute atomic E-state index is 0.0819. The first kappa shape index (κ1) is 18.3. The molecule has 7 heteroatoms. The molecule has 2 rings (SSSR count). The van der Waals surface area contributed by atoms with Crippen LogP contribution >= 0.6 is 0 Å². The second-order valence-corrected chi connectivity index (χ2v) is 5.34. The Balaban J connectivity index is 1.85. The van der Waals surface area contributed by atoms with Crippen molar-refractivity contribution < 1.29 is 9.66 Å². The zero-order chi connectivity index (χ0) is 18.1. The van der Waals surface area contributed by atoms with E-state index in [9.17, 15) is 10.1 Å². The van der Waals surface area contributed by atoms with Gasteiger partial charge in [-0.2, -0.15) is 0 Å². The Hall–Kier alpha value is -3.09. The van der Waals surface area contributed by atoms with Gasteiger partial charge in [0.1, 0.15) is 5.75 Å². The predicted octanol–water partition coefficient (Wildman–Crippen LogP) is 2.51. The minimum atomic E-state index is -0.399. The van der Waals surface area contributed by atoms with Crippen molar-refractivity contribution >= 4 is 11.6 Å². The summed E-state index contributed by atoms with van der Waals surface area (Å²) in [6.07, 6.45) is 0.793. The lowest BCUT2D eigenvalue weighted by molar-refractivity contribution is -0.384. The smallest absolute Gasteiger partial charge is 0.269 e. The molecule has 0 heterocycles. The minimum Gasteiger partial charge on any atom is -0.496 e. The lowest BCUT2D eigenvalue weighted by Gasteiger charge is -2.13. The highest BCUT2D eigenvalue weighted by atomic mass is 16.6. The predicted molar refractivity (Wildman–Crippen MR) is 98.0 cm³/mol. The summed E-state index contributed by atoms with van der Waals surface area (Å²) in [4.78, 5) is 14.6. The fourth-order valence-corrected chi connectivity index (χ4v) is 2.41. The van der Waals surface area contributed by atoms with Crippen LogP contribution in [0, 0.1) is 10.1 Å². The quantitative estimate of drug-likeness (QED) is 0.349. The molecule has 0 unspecified atom stereocenters. The summed E-state index contributed by atoms with van der Waals surface area (Å²) in [6, 6.07) is 14.4. The van der Waals surface area contributed by atoms with Crippen molar-refractivity contribution in [2.24, 2.45) is 4.99 Å². The Morgan fingerprint density at radius 2 is 2.00 bits per heavy atom. The molecule has 7 nitrogen and oxygen atoms in total. The standard InChI is InChI=1S/C18H22N4O3/c1-19-18(20-11-10-15-7-3-4-9-17(15)25-2)21-13-14-6-5-8-16(12-14)22(23)24/h3-9,12H,10-11,13H2,1-2H3,(H2,19,20,21). The number of hydrogen-bond acceptors (Lipinski definition) is 4. The molecule has 0 aromatic heterocycles. The number of benzene rings is 2. The van der Waals surface area contributed by atoms with E-state index in [4.69, 9.17) is 4.74 Å². The summed E-state index contributed by atoms with van der Waals surface area (Å²) in [7, 11) is 3.34. The fourth-order valence-electron chi connectivity index (χ4n) is 2.41. The number of non-ortho nitro benzene ring substituents is 1. The van der Waals surface area contributed by atoms with Gasteiger partial charge < -0.3 is 15.4 Å². The number of para-hydroxylation sites is 1. The molecular formula is C18H22N4O3. The lowest BCUT2D eigenvalue weighted by Crippen LogP contribution is -2.37. The number of guanidine groups is 1. The summed E-state index contributed by atoms with van der Waals surface area (Å²) in [5.74, 6) is 1.50. The summed E-state index contributed by atoms with van der Waals surface area (Å²) in [6.45, 7) is 1.14. The number of ether oxygens (including phenoxy) is 1. The van der Waals surface area contributed by atoms with Crippen LogP contribution in [0.2, 0.25) is 0 Å². The maximum Gasteiger partial charge on any atom is 0.269 e. The molecule has 0 saturated carbocycles. The van der Waals surface area contributed by atoms with Gasteiger partial charge in [-0.3, -0.25) is 15.1 Å². The SMILES string of the molecule is CN=C(NCCc1ccccc1OC)NCc1cccc([N+](=O)[O-])c1. The van der Waals surface area contributed by atoms with Crippen LogP contribution in [0.1, 0.15) is 11.1 Å². The third-order valence-corrected chi connectivity index (χ3v) is 3.68. The van der Waals surface area contributed by atoms with Crippen LogP contribution in [0.4, 0.5) is 5.69 Å². The summed E-state index contributed by atoms with van der Waals surface area (Å²) in [5.41, 5.74) is 2.02. The van der Waals surface area contributed by atoms with Crippen molar-refractivity contribution in [3.63, 3.8) is 0 Å². The molecule has 0 atom stereocenters. The molecule has 2 aromatic carbocycles. The van der Waals surface area contributed by atoms with Gasteiger partial charge in [0.05, 0.1) is 12.0 Å². The molecule has 0 aliphatic heterocycles. The van der Waals surface area contributed by atoms with E-state index in [1.165, 1.54) is 6.07 Å². The number of nitro groups is 1. The number of hydrogen-bond donors (Lipinski definition) is 2. The number of nitro benzene ring substituents is 1. The Bertz CT molecular complexity index is 747. The highest BCUT2D eigenvalue weighted by Crippen LogP contribution is 2.17. The molecular weight excluding hydrogens is 320 g/mol. The van der Waals surface area contributed by atoms with Crippen LogP contribution in [0.5, 0.6) is 5.75 Å². The molecule has 0 aliphatic carbocycles. The average molecular weight is 342 g/mol. The molecule has 0 fully saturated rings. The highest BCUT2D eigenvalue weighted by Gasteiger charge is 2.06. The Labute approximate surface area is 146 Å². The van der Waals surface area contributed by atoms with E-state index in [0.29, 0.717) is 19.0 Å². The second-order valence-electron chi connectivity index (χ2n) is 5.34. The zero-order valence-corrected chi connectivity index (χ0v) is 14.4. The number of nitrogens with one attached hydrogen (secondary N) is 2. The van der Waals surface area contributed by atoms with E-state index in [1.807, 2.05) is 30.3 Å². The molecule has 0 saturated heterocycles. The molecule has 2 N–H and O–H groups in total. The first-order valence-corrected chi connectivity index (χ1v) is 7.93. The van der Waals surface area contributed by atoms with Crippen LogP contribution in [-0.2, 0) is 13.0 Å². The van der Waals surface area contributed by atoms with Crippen molar-refractivity contribution in [1.82, 2.24) is 10.6 Å². The Morgan fingerprint density at radius 3 is 2.72 bits per heavy atom. The van der Waals surface area contributed by atoms with Gasteiger partial charge in [0.25, 0.3) is 5.69 Å². The second kappa shape index (κ2) is 9.27. The van der Waals surface area contributed by atoms with E-state index in [1.54, 1.807) is 26.3 Å². The van der Waals surface area contributed by atoms with Crippen LogP contribution in [-0.4, -0.2) is 31.6 Å². The highest BCUT2D eigenvalue weighted by molar-refractivity contribution is 5.79. The molecule has 0 bridgehead atoms. The van der Waals surface area contributed by atoms with Gasteiger partial charge in [0, 0.05) is 32.3 Å². The molecule has 0 amide bonds. The first-order chi connectivity index (χ1) is 12.1. The van der Waals surface area contributed by atoms with Crippen LogP contribution < -0.4 is 15.4 Å². The Morgan fingerprint density at radius 1 is 1.20 bits per heavy atom. The number of nitrogens with zero attached hydrogens (tertiary/aromatic N) is 2. The van der Waals surface area contributed by atoms with E-state index < -0.39 is 4.92 Å². The molecule has 2 aromatic rings. The summed E-state index contributed by atoms with van der Waals surface area (Å²) >= 11 is 0. The van der Waals surface area contributed by atoms with Crippen LogP contribution in [0.25, 0.3) is 0 Å². The Kier molecular flexibility index (Phi) is 6.76. The van der Waals surface area contributed by atoms with E-state index in [2.05, 4.69) is 15.6 Å². The van der Waals surface area contributed by atoms with E-state index >= 15 is 0 Å². The number of rotatable bonds is 7. The van der Waals surface area contributed by atoms with E-state index in [-0.39, 0.29) is 5.69 Å². The van der Waals surface area contributed by atoms with Crippen molar-refractivity contribution in [1.29, 1.82) is 0 Å². The van der Waals surface area contributed by atoms with Crippen molar-refractivity contribution in [3.05, 3.63) is 69.8 Å². The van der Waals surface area contributed by atoms with E-state index in [0.717, 1.165) is 23.3 Å². The lowest BCUT2D eigenvalue weighted by atomic mass is 10.1. The maximum atomic E-state index is 10.8. The molecule has 25 heavy (non-hydrogen) atoms. The van der Waals surface area contributed by atoms with Gasteiger partial charge in [-0.15, -0.1) is 0 Å². The van der Waals surface area contributed by atoms with Gasteiger partial charge in [-0.05, 0) is 23.6 Å². The molecule has 132 valence electrons. The van der Waals surface area contributed by atoms with Gasteiger partial charge in [-0.25, -0.2) is 0 Å². The van der Waals surface area contributed by atoms with Gasteiger partial charge in [0.2, 0.25) is 0 Å². The average Bonchev–Trinajstić information content (AvgIpc) is 2.65. The third kappa shape index (κ3) is 5.49. The molecule has 0 spiro atoms. The third-order valence-electron chi connectivity index (χ3n) is 3.68. The largest absolute Gasteiger partial charge is 0.496 e. The molecule has 0 aliphatic rings. The maximum absolute atomic E-state index is 10.8. The van der Waals surface area contributed by atoms with Crippen LogP contribution in [0.15, 0.2) is 53.5 Å². The first-order valence-electron chi connectivity index (χ1n) is 7.93. The zero-order valence-electron chi connectivity index (χ0n) is 14.4. The van der Waals surface area contributed by atoms with Gasteiger partial charge in [0.15, 0.2) is 5.96 Å². The van der Waals surface area contributed by atoms with Crippen molar-refractivity contribution in [2.45, 2.75) is 13.0 Å². The summed E-state index contributed by atoms with van der Waals surface area (Å²) < 4.78 is 5.34. The number of methoxy groups -OCH3 is 1. The van der Waals surface area contributed by atoms with Gasteiger partial charge in [-0.1, -0.05) is 30.3 Å². The fraction of sp³-hybridized carbons (Fsp3) is 0.278. The van der Waals surface area contributed by atoms with Gasteiger partial charge >= 0.3 is 0 Å². The molecule has 0 radical (unpaired) electrons. The van der Waals surface area contributed by atoms with Crippen molar-refractivity contribution in [2.75, 3.05) is 20.7 Å². The number of aliphatic imine (C=N–C) groups is 1. The van der Waals surface area contributed by atoms with Crippen LogP contribution in [0.3, 0.4) is 0 Å².